The molecule has 1 aromatic heterocycles. The summed E-state index contributed by atoms with van der Waals surface area (Å²) < 4.78 is 0. The molecule has 2 atom stereocenters. The van der Waals surface area contributed by atoms with E-state index in [0.717, 1.165) is 13.0 Å². The van der Waals surface area contributed by atoms with E-state index in [1.807, 2.05) is 11.3 Å². The van der Waals surface area contributed by atoms with E-state index in [1.165, 1.54) is 10.4 Å². The second kappa shape index (κ2) is 8.48. The molecular weight excluding hydrogens is 354 g/mol. The minimum atomic E-state index is -0.0892. The van der Waals surface area contributed by atoms with Crippen molar-refractivity contribution in [3.8, 4) is 6.07 Å². The molecule has 132 valence electrons. The van der Waals surface area contributed by atoms with Crippen molar-refractivity contribution in [2.75, 3.05) is 13.1 Å². The lowest BCUT2D eigenvalue weighted by Crippen LogP contribution is -2.44. The Morgan fingerprint density at radius 3 is 2.72 bits per heavy atom. The number of hydrogen-bond acceptors (Lipinski definition) is 4. The zero-order chi connectivity index (χ0) is 17.1. The molecule has 0 saturated carbocycles. The molecule has 1 aromatic carbocycles. The van der Waals surface area contributed by atoms with Gasteiger partial charge in [-0.15, -0.1) is 23.7 Å². The molecule has 2 heterocycles. The second-order valence-corrected chi connectivity index (χ2v) is 7.17. The molecule has 4 nitrogen and oxygen atoms in total. The monoisotopic (exact) mass is 375 g/mol. The van der Waals surface area contributed by atoms with E-state index >= 15 is 0 Å². The lowest BCUT2D eigenvalue weighted by molar-refractivity contribution is 0.0930. The van der Waals surface area contributed by atoms with E-state index in [2.05, 4.69) is 41.6 Å². The van der Waals surface area contributed by atoms with E-state index in [9.17, 15) is 4.79 Å². The van der Waals surface area contributed by atoms with E-state index in [1.54, 1.807) is 24.3 Å². The lowest BCUT2D eigenvalue weighted by Gasteiger charge is -2.38. The van der Waals surface area contributed by atoms with Gasteiger partial charge in [-0.1, -0.05) is 0 Å². The van der Waals surface area contributed by atoms with E-state index in [0.29, 0.717) is 29.8 Å². The lowest BCUT2D eigenvalue weighted by atomic mass is 9.97. The normalized spacial score (nSPS) is 19.4. The highest BCUT2D eigenvalue weighted by atomic mass is 35.5. The van der Waals surface area contributed by atoms with Crippen LogP contribution in [0, 0.1) is 11.3 Å². The van der Waals surface area contributed by atoms with Crippen LogP contribution in [-0.2, 0) is 6.42 Å². The van der Waals surface area contributed by atoms with Gasteiger partial charge in [0, 0.05) is 35.6 Å². The molecule has 0 aliphatic carbocycles. The van der Waals surface area contributed by atoms with Gasteiger partial charge >= 0.3 is 0 Å². The van der Waals surface area contributed by atoms with Gasteiger partial charge in [0.1, 0.15) is 0 Å². The van der Waals surface area contributed by atoms with Gasteiger partial charge in [0.25, 0.3) is 5.91 Å². The molecule has 1 amide bonds. The largest absolute Gasteiger partial charge is 0.351 e. The van der Waals surface area contributed by atoms with Crippen molar-refractivity contribution in [1.29, 1.82) is 5.26 Å². The quantitative estimate of drug-likeness (QED) is 0.884. The van der Waals surface area contributed by atoms with Gasteiger partial charge < -0.3 is 5.32 Å². The van der Waals surface area contributed by atoms with Crippen LogP contribution in [0.1, 0.15) is 46.3 Å². The highest BCUT2D eigenvalue weighted by Gasteiger charge is 2.29. The van der Waals surface area contributed by atoms with Gasteiger partial charge in [0.05, 0.1) is 11.6 Å². The molecule has 1 aliphatic heterocycles. The summed E-state index contributed by atoms with van der Waals surface area (Å²) in [4.78, 5) is 16.1. The van der Waals surface area contributed by atoms with Crippen LogP contribution in [0.25, 0.3) is 0 Å². The number of amides is 1. The summed E-state index contributed by atoms with van der Waals surface area (Å²) in [6.07, 6.45) is 1.08. The standard InChI is InChI=1S/C19H21N3OS.ClH/c1-13-11-17-7-10-24-18(17)14(2)22(13)9-8-21-19(23)16-5-3-15(12-20)4-6-16;/h3-7,10,13-14H,8-9,11H2,1-2H3,(H,21,23);1H/t13-,14-;/m0./s1. The third-order valence-corrected chi connectivity index (χ3v) is 5.80. The molecule has 0 spiro atoms. The number of nitriles is 1. The molecule has 6 heteroatoms. The van der Waals surface area contributed by atoms with Gasteiger partial charge in [0.2, 0.25) is 0 Å². The predicted octanol–water partition coefficient (Wildman–Crippen LogP) is 3.78. The van der Waals surface area contributed by atoms with Crippen LogP contribution in [0.4, 0.5) is 0 Å². The summed E-state index contributed by atoms with van der Waals surface area (Å²) in [6, 6.07) is 11.9. The average Bonchev–Trinajstić information content (AvgIpc) is 3.06. The molecule has 0 bridgehead atoms. The number of rotatable bonds is 4. The van der Waals surface area contributed by atoms with Gasteiger partial charge in [-0.3, -0.25) is 9.69 Å². The molecule has 1 aliphatic rings. The third-order valence-electron chi connectivity index (χ3n) is 4.67. The van der Waals surface area contributed by atoms with Crippen LogP contribution < -0.4 is 5.32 Å². The highest BCUT2D eigenvalue weighted by Crippen LogP contribution is 2.35. The minimum Gasteiger partial charge on any atom is -0.351 e. The Hall–Kier alpha value is -1.87. The van der Waals surface area contributed by atoms with E-state index < -0.39 is 0 Å². The molecule has 0 unspecified atom stereocenters. The Labute approximate surface area is 158 Å². The number of fused-ring (bicyclic) bond motifs is 1. The van der Waals surface area contributed by atoms with E-state index in [4.69, 9.17) is 5.26 Å². The van der Waals surface area contributed by atoms with E-state index in [-0.39, 0.29) is 18.3 Å². The topological polar surface area (TPSA) is 56.1 Å². The predicted molar refractivity (Wildman–Crippen MR) is 103 cm³/mol. The molecule has 0 saturated heterocycles. The molecule has 0 radical (unpaired) electrons. The van der Waals surface area contributed by atoms with Gasteiger partial charge in [0.15, 0.2) is 0 Å². The number of carbonyl (C=O) groups excluding carboxylic acids is 1. The summed E-state index contributed by atoms with van der Waals surface area (Å²) in [5.74, 6) is -0.0892. The molecule has 25 heavy (non-hydrogen) atoms. The van der Waals surface area contributed by atoms with Crippen LogP contribution in [0.2, 0.25) is 0 Å². The van der Waals surface area contributed by atoms with Crippen molar-refractivity contribution >= 4 is 29.7 Å². The fraction of sp³-hybridized carbons (Fsp3) is 0.368. The maximum Gasteiger partial charge on any atom is 0.251 e. The van der Waals surface area contributed by atoms with Crippen molar-refractivity contribution in [1.82, 2.24) is 10.2 Å². The van der Waals surface area contributed by atoms with Gasteiger partial charge in [-0.05, 0) is 61.5 Å². The first kappa shape index (κ1) is 19.5. The van der Waals surface area contributed by atoms with Gasteiger partial charge in [-0.25, -0.2) is 0 Å². The number of halogens is 1. The first-order valence-corrected chi connectivity index (χ1v) is 9.08. The molecule has 3 rings (SSSR count). The number of thiophene rings is 1. The van der Waals surface area contributed by atoms with Gasteiger partial charge in [-0.2, -0.15) is 5.26 Å². The van der Waals surface area contributed by atoms with Crippen LogP contribution >= 0.6 is 23.7 Å². The Kier molecular flexibility index (Phi) is 6.60. The summed E-state index contributed by atoms with van der Waals surface area (Å²) in [6.45, 7) is 5.95. The summed E-state index contributed by atoms with van der Waals surface area (Å²) in [5, 5.41) is 14.0. The molecule has 0 fully saturated rings. The van der Waals surface area contributed by atoms with Crippen LogP contribution in [0.5, 0.6) is 0 Å². The second-order valence-electron chi connectivity index (χ2n) is 6.22. The van der Waals surface area contributed by atoms with Crippen molar-refractivity contribution < 1.29 is 4.79 Å². The third kappa shape index (κ3) is 4.21. The summed E-state index contributed by atoms with van der Waals surface area (Å²) >= 11 is 1.82. The maximum atomic E-state index is 12.2. The van der Waals surface area contributed by atoms with Crippen LogP contribution in [0.3, 0.4) is 0 Å². The average molecular weight is 376 g/mol. The first-order valence-electron chi connectivity index (χ1n) is 8.20. The number of benzene rings is 1. The SMILES string of the molecule is C[C@H]1Cc2ccsc2[C@H](C)N1CCNC(=O)c1ccc(C#N)cc1.Cl. The van der Waals surface area contributed by atoms with Crippen LogP contribution in [-0.4, -0.2) is 29.9 Å². The molecular formula is C19H22ClN3OS. The van der Waals surface area contributed by atoms with Crippen LogP contribution in [0.15, 0.2) is 35.7 Å². The number of nitrogens with zero attached hydrogens (tertiary/aromatic N) is 2. The highest BCUT2D eigenvalue weighted by molar-refractivity contribution is 7.10. The number of hydrogen-bond donors (Lipinski definition) is 1. The minimum absolute atomic E-state index is 0. The zero-order valence-corrected chi connectivity index (χ0v) is 16.0. The van der Waals surface area contributed by atoms with Crippen molar-refractivity contribution in [2.45, 2.75) is 32.4 Å². The van der Waals surface area contributed by atoms with Crippen molar-refractivity contribution in [3.63, 3.8) is 0 Å². The number of carbonyl (C=O) groups is 1. The summed E-state index contributed by atoms with van der Waals surface area (Å²) in [5.41, 5.74) is 2.63. The smallest absolute Gasteiger partial charge is 0.251 e. The molecule has 2 aromatic rings. The summed E-state index contributed by atoms with van der Waals surface area (Å²) in [7, 11) is 0. The fourth-order valence-electron chi connectivity index (χ4n) is 3.36. The van der Waals surface area contributed by atoms with Crippen molar-refractivity contribution in [2.24, 2.45) is 0 Å². The maximum absolute atomic E-state index is 12.2. The number of nitrogens with one attached hydrogen (secondary N) is 1. The Morgan fingerprint density at radius 2 is 2.04 bits per heavy atom. The fourth-order valence-corrected chi connectivity index (χ4v) is 4.38. The Balaban J connectivity index is 0.00000225. The molecule has 1 N–H and O–H groups in total. The first-order chi connectivity index (χ1) is 11.6. The Bertz CT molecular complexity index is 766. The Morgan fingerprint density at radius 1 is 1.32 bits per heavy atom. The van der Waals surface area contributed by atoms with Crippen molar-refractivity contribution in [3.05, 3.63) is 57.3 Å². The zero-order valence-electron chi connectivity index (χ0n) is 14.4.